The van der Waals surface area contributed by atoms with Crippen molar-refractivity contribution in [1.29, 1.82) is 0 Å². The van der Waals surface area contributed by atoms with Crippen molar-refractivity contribution in [2.45, 2.75) is 6.92 Å². The maximum Gasteiger partial charge on any atom is 0.344 e. The Hall–Kier alpha value is -1.43. The summed E-state index contributed by atoms with van der Waals surface area (Å²) < 4.78 is 14.0. The number of carbonyl (C=O) groups is 1. The van der Waals surface area contributed by atoms with E-state index in [1.165, 1.54) is 19.1 Å². The number of halogens is 2. The molecule has 1 aromatic carbocycles. The zero-order chi connectivity index (χ0) is 12.1. The molecule has 0 aliphatic rings. The average molecular weight is 290 g/mol. The first kappa shape index (κ1) is 12.6. The molecular weight excluding hydrogens is 281 g/mol. The molecule has 0 saturated carbocycles. The summed E-state index contributed by atoms with van der Waals surface area (Å²) in [5, 5.41) is 11.8. The van der Waals surface area contributed by atoms with Crippen LogP contribution < -0.4 is 0 Å². The number of oxime groups is 1. The van der Waals surface area contributed by atoms with E-state index < -0.39 is 18.4 Å². The molecule has 4 nitrogen and oxygen atoms in total. The van der Waals surface area contributed by atoms with E-state index >= 15 is 0 Å². The van der Waals surface area contributed by atoms with Gasteiger partial charge in [-0.05, 0) is 25.1 Å². The fourth-order valence-electron chi connectivity index (χ4n) is 1.01. The molecule has 6 heteroatoms. The average Bonchev–Trinajstić information content (AvgIpc) is 2.21. The molecule has 86 valence electrons. The quantitative estimate of drug-likeness (QED) is 0.684. The highest BCUT2D eigenvalue weighted by Crippen LogP contribution is 2.16. The Morgan fingerprint density at radius 2 is 2.31 bits per heavy atom. The van der Waals surface area contributed by atoms with E-state index in [9.17, 15) is 9.18 Å². The lowest BCUT2D eigenvalue weighted by molar-refractivity contribution is -0.142. The van der Waals surface area contributed by atoms with Crippen molar-refractivity contribution < 1.29 is 19.1 Å². The number of hydrogen-bond donors (Lipinski definition) is 1. The lowest BCUT2D eigenvalue weighted by atomic mass is 10.1. The summed E-state index contributed by atoms with van der Waals surface area (Å²) in [6.45, 7) is 0.986. The standard InChI is InChI=1S/C10H9BrFNO3/c1-6(13-16-5-10(14)15)8-4-7(11)2-3-9(8)12/h2-4H,5H2,1H3,(H,14,15)/b13-6-. The highest BCUT2D eigenvalue weighted by atomic mass is 79.9. The summed E-state index contributed by atoms with van der Waals surface area (Å²) in [4.78, 5) is 14.7. The third-order valence-electron chi connectivity index (χ3n) is 1.71. The van der Waals surface area contributed by atoms with Gasteiger partial charge in [-0.15, -0.1) is 0 Å². The molecule has 0 unspecified atom stereocenters. The van der Waals surface area contributed by atoms with Crippen LogP contribution in [-0.4, -0.2) is 23.4 Å². The van der Waals surface area contributed by atoms with Crippen LogP contribution in [-0.2, 0) is 9.63 Å². The second-order valence-electron chi connectivity index (χ2n) is 2.97. The molecule has 0 bridgehead atoms. The number of nitrogens with zero attached hydrogens (tertiary/aromatic N) is 1. The van der Waals surface area contributed by atoms with Crippen LogP contribution in [0.3, 0.4) is 0 Å². The fourth-order valence-corrected chi connectivity index (χ4v) is 1.37. The predicted octanol–water partition coefficient (Wildman–Crippen LogP) is 2.41. The van der Waals surface area contributed by atoms with Crippen molar-refractivity contribution >= 4 is 27.6 Å². The Balaban J connectivity index is 2.82. The molecule has 0 fully saturated rings. The van der Waals surface area contributed by atoms with Crippen LogP contribution in [0.25, 0.3) is 0 Å². The smallest absolute Gasteiger partial charge is 0.344 e. The van der Waals surface area contributed by atoms with Gasteiger partial charge in [0.1, 0.15) is 5.82 Å². The number of hydrogen-bond acceptors (Lipinski definition) is 3. The fraction of sp³-hybridized carbons (Fsp3) is 0.200. The van der Waals surface area contributed by atoms with Crippen LogP contribution in [0.2, 0.25) is 0 Å². The van der Waals surface area contributed by atoms with Gasteiger partial charge in [-0.25, -0.2) is 9.18 Å². The van der Waals surface area contributed by atoms with Crippen molar-refractivity contribution in [2.75, 3.05) is 6.61 Å². The molecule has 1 rings (SSSR count). The van der Waals surface area contributed by atoms with Gasteiger partial charge in [0.15, 0.2) is 0 Å². The molecule has 0 amide bonds. The zero-order valence-electron chi connectivity index (χ0n) is 8.41. The SMILES string of the molecule is C/C(=N/OCC(=O)O)c1cc(Br)ccc1F. The second kappa shape index (κ2) is 5.60. The van der Waals surface area contributed by atoms with Crippen LogP contribution in [0.5, 0.6) is 0 Å². The Morgan fingerprint density at radius 1 is 1.62 bits per heavy atom. The molecule has 0 aliphatic carbocycles. The van der Waals surface area contributed by atoms with E-state index in [2.05, 4.69) is 25.9 Å². The lowest BCUT2D eigenvalue weighted by Gasteiger charge is -2.03. The molecule has 1 N–H and O–H groups in total. The van der Waals surface area contributed by atoms with E-state index in [0.29, 0.717) is 4.47 Å². The molecule has 16 heavy (non-hydrogen) atoms. The van der Waals surface area contributed by atoms with Crippen molar-refractivity contribution in [3.8, 4) is 0 Å². The summed E-state index contributed by atoms with van der Waals surface area (Å²) in [5.74, 6) is -1.57. The molecule has 0 atom stereocenters. The van der Waals surface area contributed by atoms with Gasteiger partial charge in [0, 0.05) is 10.0 Å². The van der Waals surface area contributed by atoms with Crippen molar-refractivity contribution in [2.24, 2.45) is 5.16 Å². The molecule has 0 spiro atoms. The highest BCUT2D eigenvalue weighted by molar-refractivity contribution is 9.10. The minimum atomic E-state index is -1.13. The van der Waals surface area contributed by atoms with E-state index in [4.69, 9.17) is 5.11 Å². The minimum Gasteiger partial charge on any atom is -0.479 e. The van der Waals surface area contributed by atoms with Crippen molar-refractivity contribution in [3.63, 3.8) is 0 Å². The molecular formula is C10H9BrFNO3. The van der Waals surface area contributed by atoms with Gasteiger partial charge < -0.3 is 9.94 Å². The van der Waals surface area contributed by atoms with Gasteiger partial charge >= 0.3 is 5.97 Å². The summed E-state index contributed by atoms with van der Waals surface area (Å²) in [7, 11) is 0. The largest absolute Gasteiger partial charge is 0.479 e. The maximum absolute atomic E-state index is 13.3. The third kappa shape index (κ3) is 3.62. The van der Waals surface area contributed by atoms with E-state index in [1.807, 2.05) is 0 Å². The van der Waals surface area contributed by atoms with Gasteiger partial charge in [0.2, 0.25) is 6.61 Å². The number of carboxylic acids is 1. The molecule has 0 radical (unpaired) electrons. The first-order valence-electron chi connectivity index (χ1n) is 4.34. The maximum atomic E-state index is 13.3. The van der Waals surface area contributed by atoms with Gasteiger partial charge in [-0.1, -0.05) is 21.1 Å². The van der Waals surface area contributed by atoms with Gasteiger partial charge in [0.05, 0.1) is 5.71 Å². The normalized spacial score (nSPS) is 11.3. The van der Waals surface area contributed by atoms with Crippen LogP contribution in [0.1, 0.15) is 12.5 Å². The van der Waals surface area contributed by atoms with E-state index in [1.54, 1.807) is 6.07 Å². The van der Waals surface area contributed by atoms with E-state index in [0.717, 1.165) is 0 Å². The topological polar surface area (TPSA) is 58.9 Å². The third-order valence-corrected chi connectivity index (χ3v) is 2.20. The van der Waals surface area contributed by atoms with Crippen LogP contribution in [0.15, 0.2) is 27.8 Å². The summed E-state index contributed by atoms with van der Waals surface area (Å²) >= 11 is 3.20. The zero-order valence-corrected chi connectivity index (χ0v) is 9.99. The molecule has 0 heterocycles. The molecule has 0 aliphatic heterocycles. The summed E-state index contributed by atoms with van der Waals surface area (Å²) in [5.41, 5.74) is 0.541. The first-order valence-corrected chi connectivity index (χ1v) is 5.14. The van der Waals surface area contributed by atoms with Gasteiger partial charge in [0.25, 0.3) is 0 Å². The Morgan fingerprint density at radius 3 is 2.94 bits per heavy atom. The number of rotatable bonds is 4. The monoisotopic (exact) mass is 289 g/mol. The Kier molecular flexibility index (Phi) is 4.42. The molecule has 1 aromatic rings. The first-order chi connectivity index (χ1) is 7.50. The Bertz CT molecular complexity index is 434. The number of benzene rings is 1. The van der Waals surface area contributed by atoms with Crippen LogP contribution >= 0.6 is 15.9 Å². The van der Waals surface area contributed by atoms with Crippen LogP contribution in [0.4, 0.5) is 4.39 Å². The highest BCUT2D eigenvalue weighted by Gasteiger charge is 2.07. The molecule has 0 aromatic heterocycles. The van der Waals surface area contributed by atoms with Crippen molar-refractivity contribution in [1.82, 2.24) is 0 Å². The van der Waals surface area contributed by atoms with E-state index in [-0.39, 0.29) is 11.3 Å². The second-order valence-corrected chi connectivity index (χ2v) is 3.88. The van der Waals surface area contributed by atoms with Gasteiger partial charge in [-0.2, -0.15) is 0 Å². The lowest BCUT2D eigenvalue weighted by Crippen LogP contribution is -2.06. The predicted molar refractivity (Wildman–Crippen MR) is 59.9 cm³/mol. The number of carboxylic acid groups (broad SMARTS) is 1. The minimum absolute atomic E-state index is 0.264. The number of aliphatic carboxylic acids is 1. The molecule has 0 saturated heterocycles. The van der Waals surface area contributed by atoms with Crippen LogP contribution in [0, 0.1) is 5.82 Å². The summed E-state index contributed by atoms with van der Waals surface area (Å²) in [6.07, 6.45) is 0. The summed E-state index contributed by atoms with van der Waals surface area (Å²) in [6, 6.07) is 4.39. The van der Waals surface area contributed by atoms with Gasteiger partial charge in [-0.3, -0.25) is 0 Å². The Labute approximate surface area is 99.8 Å². The van der Waals surface area contributed by atoms with Crippen molar-refractivity contribution in [3.05, 3.63) is 34.1 Å².